The van der Waals surface area contributed by atoms with Crippen molar-refractivity contribution < 1.29 is 14.1 Å². The maximum absolute atomic E-state index is 12.6. The van der Waals surface area contributed by atoms with Crippen molar-refractivity contribution in [3.8, 4) is 17.1 Å². The van der Waals surface area contributed by atoms with Crippen LogP contribution in [0.15, 0.2) is 57.9 Å². The average molecular weight is 424 g/mol. The second kappa shape index (κ2) is 8.92. The summed E-state index contributed by atoms with van der Waals surface area (Å²) in [6, 6.07) is 15.7. The Bertz CT molecular complexity index is 1020. The Morgan fingerprint density at radius 3 is 2.77 bits per heavy atom. The average Bonchev–Trinajstić information content (AvgIpc) is 3.39. The minimum absolute atomic E-state index is 0.0738. The highest BCUT2D eigenvalue weighted by molar-refractivity contribution is 7.98. The first-order valence-electron chi connectivity index (χ1n) is 10.0. The van der Waals surface area contributed by atoms with Crippen molar-refractivity contribution in [2.24, 2.45) is 5.92 Å². The maximum atomic E-state index is 12.6. The third kappa shape index (κ3) is 4.51. The summed E-state index contributed by atoms with van der Waals surface area (Å²) in [7, 11) is 0. The summed E-state index contributed by atoms with van der Waals surface area (Å²) in [5.41, 5.74) is 1.77. The van der Waals surface area contributed by atoms with Crippen molar-refractivity contribution in [3.63, 3.8) is 0 Å². The van der Waals surface area contributed by atoms with Crippen LogP contribution in [-0.2, 0) is 4.79 Å². The molecule has 1 unspecified atom stereocenters. The number of rotatable bonds is 7. The molecule has 1 amide bonds. The maximum Gasteiger partial charge on any atom is 0.232 e. The Hall–Kier alpha value is -2.80. The number of ether oxygens (including phenoxy) is 1. The van der Waals surface area contributed by atoms with Crippen molar-refractivity contribution in [2.45, 2.75) is 31.1 Å². The lowest BCUT2D eigenvalue weighted by molar-refractivity contribution is -0.117. The van der Waals surface area contributed by atoms with Gasteiger partial charge in [0.2, 0.25) is 17.6 Å². The Morgan fingerprint density at radius 2 is 2.03 bits per heavy atom. The number of benzene rings is 2. The first-order chi connectivity index (χ1) is 14.5. The number of thioether (sulfide) groups is 1. The van der Waals surface area contributed by atoms with Crippen LogP contribution in [0, 0.1) is 5.92 Å². The van der Waals surface area contributed by atoms with Gasteiger partial charge in [0.15, 0.2) is 0 Å². The van der Waals surface area contributed by atoms with Crippen LogP contribution in [-0.4, -0.2) is 35.5 Å². The third-order valence-electron chi connectivity index (χ3n) is 4.98. The molecule has 0 spiro atoms. The summed E-state index contributed by atoms with van der Waals surface area (Å²) in [4.78, 5) is 20.1. The van der Waals surface area contributed by atoms with E-state index in [0.29, 0.717) is 37.2 Å². The molecule has 0 aliphatic carbocycles. The number of carbonyl (C=O) groups excluding carboxylic acids is 1. The van der Waals surface area contributed by atoms with Gasteiger partial charge in [-0.2, -0.15) is 4.98 Å². The number of hydrogen-bond donors (Lipinski definition) is 0. The molecule has 0 N–H and O–H groups in total. The highest BCUT2D eigenvalue weighted by Gasteiger charge is 2.35. The molecule has 30 heavy (non-hydrogen) atoms. The SMILES string of the molecule is CSc1cccc(N2CC(c3nc(-c4ccc(OCC(C)C)cc4)no3)CC2=O)c1. The third-order valence-corrected chi connectivity index (χ3v) is 5.70. The zero-order valence-corrected chi connectivity index (χ0v) is 18.2. The lowest BCUT2D eigenvalue weighted by atomic mass is 10.1. The highest BCUT2D eigenvalue weighted by atomic mass is 32.2. The van der Waals surface area contributed by atoms with Crippen molar-refractivity contribution in [2.75, 3.05) is 24.3 Å². The molecule has 0 radical (unpaired) electrons. The number of aromatic nitrogens is 2. The van der Waals surface area contributed by atoms with Gasteiger partial charge in [-0.1, -0.05) is 25.1 Å². The number of amides is 1. The lowest BCUT2D eigenvalue weighted by Crippen LogP contribution is -2.24. The van der Waals surface area contributed by atoms with Crippen LogP contribution in [0.5, 0.6) is 5.75 Å². The lowest BCUT2D eigenvalue weighted by Gasteiger charge is -2.16. The number of anilines is 1. The smallest absolute Gasteiger partial charge is 0.232 e. The highest BCUT2D eigenvalue weighted by Crippen LogP contribution is 2.33. The molecule has 1 saturated heterocycles. The van der Waals surface area contributed by atoms with E-state index in [4.69, 9.17) is 9.26 Å². The quantitative estimate of drug-likeness (QED) is 0.498. The predicted molar refractivity (Wildman–Crippen MR) is 118 cm³/mol. The van der Waals surface area contributed by atoms with E-state index in [1.54, 1.807) is 16.7 Å². The Labute approximate surface area is 180 Å². The van der Waals surface area contributed by atoms with Crippen LogP contribution < -0.4 is 9.64 Å². The monoisotopic (exact) mass is 423 g/mol. The molecule has 1 atom stereocenters. The largest absolute Gasteiger partial charge is 0.493 e. The second-order valence-electron chi connectivity index (χ2n) is 7.79. The molecule has 6 nitrogen and oxygen atoms in total. The summed E-state index contributed by atoms with van der Waals surface area (Å²) >= 11 is 1.66. The molecule has 7 heteroatoms. The summed E-state index contributed by atoms with van der Waals surface area (Å²) < 4.78 is 11.2. The van der Waals surface area contributed by atoms with Crippen LogP contribution in [0.2, 0.25) is 0 Å². The van der Waals surface area contributed by atoms with Crippen molar-refractivity contribution in [3.05, 3.63) is 54.4 Å². The van der Waals surface area contributed by atoms with Gasteiger partial charge in [-0.15, -0.1) is 11.8 Å². The first kappa shape index (κ1) is 20.5. The van der Waals surface area contributed by atoms with Crippen LogP contribution in [0.25, 0.3) is 11.4 Å². The van der Waals surface area contributed by atoms with Crippen molar-refractivity contribution >= 4 is 23.4 Å². The molecule has 0 saturated carbocycles. The predicted octanol–water partition coefficient (Wildman–Crippen LogP) is 5.01. The second-order valence-corrected chi connectivity index (χ2v) is 8.67. The van der Waals surface area contributed by atoms with E-state index in [2.05, 4.69) is 24.0 Å². The minimum Gasteiger partial charge on any atom is -0.493 e. The van der Waals surface area contributed by atoms with E-state index in [-0.39, 0.29) is 11.8 Å². The Balaban J connectivity index is 1.46. The summed E-state index contributed by atoms with van der Waals surface area (Å²) in [5.74, 6) is 2.29. The molecule has 1 fully saturated rings. The zero-order valence-electron chi connectivity index (χ0n) is 17.4. The van der Waals surface area contributed by atoms with Crippen molar-refractivity contribution in [1.29, 1.82) is 0 Å². The number of carbonyl (C=O) groups is 1. The molecule has 2 aromatic carbocycles. The topological polar surface area (TPSA) is 68.5 Å². The van der Waals surface area contributed by atoms with E-state index in [9.17, 15) is 4.79 Å². The standard InChI is InChI=1S/C23H25N3O3S/c1-15(2)14-28-19-9-7-16(8-10-19)22-24-23(29-25-22)17-11-21(27)26(13-17)18-5-4-6-20(12-18)30-3/h4-10,12,15,17H,11,13-14H2,1-3H3. The first-order valence-corrected chi connectivity index (χ1v) is 11.3. The molecule has 3 aromatic rings. The minimum atomic E-state index is -0.106. The summed E-state index contributed by atoms with van der Waals surface area (Å²) in [5, 5.41) is 4.13. The zero-order chi connectivity index (χ0) is 21.1. The van der Waals surface area contributed by atoms with Gasteiger partial charge in [-0.25, -0.2) is 0 Å². The molecule has 1 aromatic heterocycles. The molecule has 156 valence electrons. The van der Waals surface area contributed by atoms with Gasteiger partial charge in [0.25, 0.3) is 0 Å². The van der Waals surface area contributed by atoms with Gasteiger partial charge in [0.1, 0.15) is 5.75 Å². The van der Waals surface area contributed by atoms with E-state index >= 15 is 0 Å². The van der Waals surface area contributed by atoms with Gasteiger partial charge in [-0.3, -0.25) is 4.79 Å². The Kier molecular flexibility index (Phi) is 6.08. The molecule has 1 aliphatic rings. The van der Waals surface area contributed by atoms with Crippen LogP contribution in [0.4, 0.5) is 5.69 Å². The fourth-order valence-corrected chi connectivity index (χ4v) is 3.84. The van der Waals surface area contributed by atoms with E-state index in [0.717, 1.165) is 21.9 Å². The van der Waals surface area contributed by atoms with Gasteiger partial charge >= 0.3 is 0 Å². The molecule has 1 aliphatic heterocycles. The summed E-state index contributed by atoms with van der Waals surface area (Å²) in [6.45, 7) is 5.45. The van der Waals surface area contributed by atoms with Gasteiger partial charge in [0, 0.05) is 29.1 Å². The van der Waals surface area contributed by atoms with Gasteiger partial charge in [-0.05, 0) is 54.6 Å². The van der Waals surface area contributed by atoms with E-state index in [1.807, 2.05) is 54.8 Å². The van der Waals surface area contributed by atoms with E-state index in [1.165, 1.54) is 0 Å². The fraction of sp³-hybridized carbons (Fsp3) is 0.348. The molecule has 2 heterocycles. The molecule has 4 rings (SSSR count). The number of nitrogens with zero attached hydrogens (tertiary/aromatic N) is 3. The summed E-state index contributed by atoms with van der Waals surface area (Å²) in [6.07, 6.45) is 2.39. The molecular formula is C23H25N3O3S. The van der Waals surface area contributed by atoms with Crippen molar-refractivity contribution in [1.82, 2.24) is 10.1 Å². The fourth-order valence-electron chi connectivity index (χ4n) is 3.38. The normalized spacial score (nSPS) is 16.5. The molecule has 0 bridgehead atoms. The van der Waals surface area contributed by atoms with Gasteiger partial charge in [0.05, 0.1) is 12.5 Å². The molecular weight excluding hydrogens is 398 g/mol. The van der Waals surface area contributed by atoms with Crippen LogP contribution in [0.1, 0.15) is 32.1 Å². The van der Waals surface area contributed by atoms with Crippen LogP contribution >= 0.6 is 11.8 Å². The number of hydrogen-bond acceptors (Lipinski definition) is 6. The Morgan fingerprint density at radius 1 is 1.23 bits per heavy atom. The van der Waals surface area contributed by atoms with Crippen LogP contribution in [0.3, 0.4) is 0 Å². The van der Waals surface area contributed by atoms with Gasteiger partial charge < -0.3 is 14.2 Å². The van der Waals surface area contributed by atoms with E-state index < -0.39 is 0 Å².